The molecule has 2 aromatic carbocycles. The zero-order chi connectivity index (χ0) is 9.26. The van der Waals surface area contributed by atoms with E-state index >= 15 is 0 Å². The van der Waals surface area contributed by atoms with Gasteiger partial charge in [0.05, 0.1) is 6.61 Å². The largest absolute Gasteiger partial charge is 0.392 e. The summed E-state index contributed by atoms with van der Waals surface area (Å²) in [5, 5.41) is 11.1. The summed E-state index contributed by atoms with van der Waals surface area (Å²) in [7, 11) is 5.80. The number of rotatable bonds is 1. The lowest BCUT2D eigenvalue weighted by Crippen LogP contribution is -2.03. The van der Waals surface area contributed by atoms with Gasteiger partial charge in [-0.3, -0.25) is 0 Å². The van der Waals surface area contributed by atoms with Crippen molar-refractivity contribution in [2.24, 2.45) is 0 Å². The smallest absolute Gasteiger partial charge is 0.114 e. The van der Waals surface area contributed by atoms with E-state index in [1.165, 1.54) is 0 Å². The molecule has 13 heavy (non-hydrogen) atoms. The molecule has 2 rings (SSSR count). The molecular weight excluding hydrogens is 159 g/mol. The first-order valence-corrected chi connectivity index (χ1v) is 4.20. The Labute approximate surface area is 78.4 Å². The Balaban J connectivity index is 2.84. The van der Waals surface area contributed by atoms with Crippen LogP contribution in [0.1, 0.15) is 5.56 Å². The quantitative estimate of drug-likeness (QED) is 0.632. The first-order valence-electron chi connectivity index (χ1n) is 4.20. The van der Waals surface area contributed by atoms with E-state index in [9.17, 15) is 0 Å². The lowest BCUT2D eigenvalue weighted by atomic mass is 9.89. The van der Waals surface area contributed by atoms with E-state index in [1.807, 2.05) is 36.4 Å². The highest BCUT2D eigenvalue weighted by Gasteiger charge is 1.99. The zero-order valence-electron chi connectivity index (χ0n) is 7.20. The molecule has 62 valence electrons. The van der Waals surface area contributed by atoms with Gasteiger partial charge in [-0.25, -0.2) is 0 Å². The van der Waals surface area contributed by atoms with Crippen molar-refractivity contribution in [2.75, 3.05) is 0 Å². The predicted octanol–water partition coefficient (Wildman–Crippen LogP) is 1.13. The summed E-state index contributed by atoms with van der Waals surface area (Å²) in [5.41, 5.74) is 1.68. The summed E-state index contributed by atoms with van der Waals surface area (Å²) in [5.74, 6) is 0. The predicted molar refractivity (Wildman–Crippen MR) is 55.3 cm³/mol. The van der Waals surface area contributed by atoms with Crippen molar-refractivity contribution in [3.8, 4) is 0 Å². The fourth-order valence-corrected chi connectivity index (χ4v) is 1.54. The first kappa shape index (κ1) is 8.33. The summed E-state index contributed by atoms with van der Waals surface area (Å²) < 4.78 is 0. The molecule has 0 spiro atoms. The molecular formula is C11H9BO. The summed E-state index contributed by atoms with van der Waals surface area (Å²) in [6, 6.07) is 11.5. The number of fused-ring (bicyclic) bond motifs is 1. The Kier molecular flexibility index (Phi) is 2.07. The van der Waals surface area contributed by atoms with Crippen LogP contribution < -0.4 is 5.46 Å². The van der Waals surface area contributed by atoms with Crippen molar-refractivity contribution in [3.63, 3.8) is 0 Å². The summed E-state index contributed by atoms with van der Waals surface area (Å²) in [6.45, 7) is 0.0563. The van der Waals surface area contributed by atoms with Gasteiger partial charge in [-0.1, -0.05) is 41.9 Å². The maximum absolute atomic E-state index is 9.09. The maximum Gasteiger partial charge on any atom is 0.114 e. The first-order chi connectivity index (χ1) is 6.33. The number of hydrogen-bond donors (Lipinski definition) is 1. The Morgan fingerprint density at radius 2 is 1.69 bits per heavy atom. The van der Waals surface area contributed by atoms with Crippen LogP contribution >= 0.6 is 0 Å². The molecule has 1 nitrogen and oxygen atoms in total. The average molecular weight is 168 g/mol. The van der Waals surface area contributed by atoms with Crippen LogP contribution in [-0.4, -0.2) is 13.0 Å². The van der Waals surface area contributed by atoms with Gasteiger partial charge in [0.15, 0.2) is 0 Å². The highest BCUT2D eigenvalue weighted by molar-refractivity contribution is 6.38. The van der Waals surface area contributed by atoms with Gasteiger partial charge in [-0.15, -0.1) is 0 Å². The Bertz CT molecular complexity index is 437. The van der Waals surface area contributed by atoms with E-state index in [-0.39, 0.29) is 6.61 Å². The van der Waals surface area contributed by atoms with E-state index in [2.05, 4.69) is 0 Å². The molecule has 0 saturated heterocycles. The second-order valence-electron chi connectivity index (χ2n) is 3.02. The molecule has 2 aromatic rings. The lowest BCUT2D eigenvalue weighted by molar-refractivity contribution is 0.283. The summed E-state index contributed by atoms with van der Waals surface area (Å²) in [6.07, 6.45) is 0. The van der Waals surface area contributed by atoms with Crippen molar-refractivity contribution in [2.45, 2.75) is 6.61 Å². The summed E-state index contributed by atoms with van der Waals surface area (Å²) in [4.78, 5) is 0. The van der Waals surface area contributed by atoms with Gasteiger partial charge in [0.1, 0.15) is 7.85 Å². The van der Waals surface area contributed by atoms with E-state index in [0.717, 1.165) is 21.8 Å². The molecule has 0 atom stereocenters. The SMILES string of the molecule is [B]c1cccc2c(CO)cccc12. The maximum atomic E-state index is 9.09. The minimum absolute atomic E-state index is 0.0563. The van der Waals surface area contributed by atoms with E-state index in [4.69, 9.17) is 13.0 Å². The van der Waals surface area contributed by atoms with Crippen LogP contribution in [0, 0.1) is 0 Å². The molecule has 0 amide bonds. The monoisotopic (exact) mass is 168 g/mol. The van der Waals surface area contributed by atoms with Gasteiger partial charge < -0.3 is 5.11 Å². The molecule has 0 unspecified atom stereocenters. The molecule has 2 heteroatoms. The van der Waals surface area contributed by atoms with E-state index in [0.29, 0.717) is 0 Å². The van der Waals surface area contributed by atoms with E-state index < -0.39 is 0 Å². The number of benzene rings is 2. The van der Waals surface area contributed by atoms with Crippen LogP contribution in [0.5, 0.6) is 0 Å². The minimum atomic E-state index is 0.0563. The standard InChI is InChI=1S/C11H9BO/c12-11-6-2-4-9-8(7-13)3-1-5-10(9)11/h1-6,13H,7H2. The van der Waals surface area contributed by atoms with Gasteiger partial charge in [0, 0.05) is 0 Å². The third-order valence-corrected chi connectivity index (χ3v) is 2.22. The highest BCUT2D eigenvalue weighted by atomic mass is 16.3. The van der Waals surface area contributed by atoms with Crippen LogP contribution in [0.15, 0.2) is 36.4 Å². The fourth-order valence-electron chi connectivity index (χ4n) is 1.54. The van der Waals surface area contributed by atoms with Crippen LogP contribution in [0.4, 0.5) is 0 Å². The zero-order valence-corrected chi connectivity index (χ0v) is 7.20. The normalized spacial score (nSPS) is 10.5. The second kappa shape index (κ2) is 3.23. The Morgan fingerprint density at radius 3 is 2.46 bits per heavy atom. The van der Waals surface area contributed by atoms with Gasteiger partial charge >= 0.3 is 0 Å². The minimum Gasteiger partial charge on any atom is -0.392 e. The van der Waals surface area contributed by atoms with Crippen molar-refractivity contribution < 1.29 is 5.11 Å². The van der Waals surface area contributed by atoms with Crippen molar-refractivity contribution in [3.05, 3.63) is 42.0 Å². The average Bonchev–Trinajstić information content (AvgIpc) is 2.18. The summed E-state index contributed by atoms with van der Waals surface area (Å²) >= 11 is 0. The van der Waals surface area contributed by atoms with E-state index in [1.54, 1.807) is 0 Å². The fraction of sp³-hybridized carbons (Fsp3) is 0.0909. The highest BCUT2D eigenvalue weighted by Crippen LogP contribution is 2.16. The van der Waals surface area contributed by atoms with Gasteiger partial charge in [-0.05, 0) is 16.3 Å². The topological polar surface area (TPSA) is 20.2 Å². The Hall–Kier alpha value is -1.28. The molecule has 0 aliphatic rings. The van der Waals surface area contributed by atoms with Crippen LogP contribution in [-0.2, 0) is 6.61 Å². The van der Waals surface area contributed by atoms with Crippen LogP contribution in [0.25, 0.3) is 10.8 Å². The molecule has 0 bridgehead atoms. The van der Waals surface area contributed by atoms with Gasteiger partial charge in [0.2, 0.25) is 0 Å². The Morgan fingerprint density at radius 1 is 1.00 bits per heavy atom. The van der Waals surface area contributed by atoms with Gasteiger partial charge in [-0.2, -0.15) is 0 Å². The number of aliphatic hydroxyl groups is 1. The molecule has 1 N–H and O–H groups in total. The third-order valence-electron chi connectivity index (χ3n) is 2.22. The third kappa shape index (κ3) is 1.34. The molecule has 0 saturated carbocycles. The van der Waals surface area contributed by atoms with Crippen molar-refractivity contribution in [1.82, 2.24) is 0 Å². The molecule has 0 aliphatic carbocycles. The lowest BCUT2D eigenvalue weighted by Gasteiger charge is -2.05. The molecule has 0 heterocycles. The number of aliphatic hydroxyl groups excluding tert-OH is 1. The molecule has 0 fully saturated rings. The van der Waals surface area contributed by atoms with Crippen molar-refractivity contribution in [1.29, 1.82) is 0 Å². The molecule has 2 radical (unpaired) electrons. The molecule has 0 aliphatic heterocycles. The van der Waals surface area contributed by atoms with Crippen LogP contribution in [0.2, 0.25) is 0 Å². The number of hydrogen-bond acceptors (Lipinski definition) is 1. The van der Waals surface area contributed by atoms with Gasteiger partial charge in [0.25, 0.3) is 0 Å². The van der Waals surface area contributed by atoms with Crippen LogP contribution in [0.3, 0.4) is 0 Å². The second-order valence-corrected chi connectivity index (χ2v) is 3.02. The molecule has 0 aromatic heterocycles. The van der Waals surface area contributed by atoms with Crippen molar-refractivity contribution >= 4 is 24.1 Å².